The van der Waals surface area contributed by atoms with Crippen LogP contribution in [-0.4, -0.2) is 31.9 Å². The summed E-state index contributed by atoms with van der Waals surface area (Å²) in [4.78, 5) is 4.46. The molecule has 2 aromatic carbocycles. The average molecular weight is 475 g/mol. The Hall–Kier alpha value is -2.38. The van der Waals surface area contributed by atoms with Crippen molar-refractivity contribution in [3.8, 4) is 5.75 Å². The van der Waals surface area contributed by atoms with Gasteiger partial charge in [0.15, 0.2) is 0 Å². The third-order valence-corrected chi connectivity index (χ3v) is 8.94. The second-order valence-electron chi connectivity index (χ2n) is 6.96. The quantitative estimate of drug-likeness (QED) is 0.405. The molecule has 2 heterocycles. The number of nitrogens with zero attached hydrogens (tertiary/aromatic N) is 2. The third kappa shape index (κ3) is 5.10. The van der Waals surface area contributed by atoms with Crippen LogP contribution in [0.1, 0.15) is 12.8 Å². The van der Waals surface area contributed by atoms with Crippen LogP contribution in [0.4, 0.5) is 9.39 Å². The number of rotatable bonds is 7. The lowest BCUT2D eigenvalue weighted by molar-refractivity contribution is 0.232. The van der Waals surface area contributed by atoms with Crippen molar-refractivity contribution in [2.75, 3.05) is 13.2 Å². The summed E-state index contributed by atoms with van der Waals surface area (Å²) in [6.07, 6.45) is 1.48. The largest absolute Gasteiger partial charge is 0.492 e. The highest BCUT2D eigenvalue weighted by atomic mass is 32.2. The summed E-state index contributed by atoms with van der Waals surface area (Å²) in [6, 6.07) is 15.9. The van der Waals surface area contributed by atoms with E-state index in [1.54, 1.807) is 24.3 Å². The first-order chi connectivity index (χ1) is 15.0. The van der Waals surface area contributed by atoms with Gasteiger partial charge in [-0.15, -0.1) is 11.3 Å². The Bertz CT molecular complexity index is 1200. The highest BCUT2D eigenvalue weighted by Gasteiger charge is 2.35. The fourth-order valence-corrected chi connectivity index (χ4v) is 7.13. The van der Waals surface area contributed by atoms with E-state index in [1.807, 2.05) is 12.1 Å². The monoisotopic (exact) mass is 474 g/mol. The van der Waals surface area contributed by atoms with E-state index in [4.69, 9.17) is 11.3 Å². The molecule has 1 aromatic heterocycles. The Morgan fingerprint density at radius 2 is 2.00 bits per heavy atom. The second kappa shape index (κ2) is 9.40. The molecule has 31 heavy (non-hydrogen) atoms. The average Bonchev–Trinajstić information content (AvgIpc) is 3.43. The lowest BCUT2D eigenvalue weighted by Gasteiger charge is -2.24. The summed E-state index contributed by atoms with van der Waals surface area (Å²) in [6.45, 7) is 7.74. The van der Waals surface area contributed by atoms with Gasteiger partial charge in [-0.2, -0.15) is 4.31 Å². The van der Waals surface area contributed by atoms with Crippen LogP contribution >= 0.6 is 23.1 Å². The number of benzene rings is 2. The predicted molar refractivity (Wildman–Crippen MR) is 120 cm³/mol. The van der Waals surface area contributed by atoms with Gasteiger partial charge in [0.05, 0.1) is 21.7 Å². The highest BCUT2D eigenvalue weighted by Crippen LogP contribution is 2.38. The van der Waals surface area contributed by atoms with Gasteiger partial charge in [-0.3, -0.25) is 0 Å². The lowest BCUT2D eigenvalue weighted by atomic mass is 10.2. The van der Waals surface area contributed by atoms with Gasteiger partial charge in [-0.1, -0.05) is 17.8 Å². The minimum atomic E-state index is -3.68. The first-order valence-corrected chi connectivity index (χ1v) is 12.7. The van der Waals surface area contributed by atoms with Crippen molar-refractivity contribution in [2.24, 2.45) is 0 Å². The van der Waals surface area contributed by atoms with Gasteiger partial charge in [-0.05, 0) is 67.4 Å². The van der Waals surface area contributed by atoms with Crippen LogP contribution in [0.25, 0.3) is 4.85 Å². The van der Waals surface area contributed by atoms with E-state index in [1.165, 1.54) is 51.7 Å². The van der Waals surface area contributed by atoms with Crippen molar-refractivity contribution in [1.82, 2.24) is 4.31 Å². The molecule has 1 aliphatic heterocycles. The van der Waals surface area contributed by atoms with E-state index < -0.39 is 10.0 Å². The predicted octanol–water partition coefficient (Wildman–Crippen LogP) is 5.82. The topological polar surface area (TPSA) is 51.0 Å². The lowest BCUT2D eigenvalue weighted by Crippen LogP contribution is -2.39. The number of hydrogen-bond acceptors (Lipinski definition) is 5. The number of thiophene rings is 1. The van der Waals surface area contributed by atoms with Crippen LogP contribution in [0, 0.1) is 12.4 Å². The Morgan fingerprint density at radius 1 is 1.19 bits per heavy atom. The van der Waals surface area contributed by atoms with E-state index in [0.717, 1.165) is 15.5 Å². The molecule has 4 rings (SSSR count). The molecule has 1 fully saturated rings. The van der Waals surface area contributed by atoms with Crippen molar-refractivity contribution in [3.63, 3.8) is 0 Å². The molecule has 3 aromatic rings. The molecule has 0 bridgehead atoms. The molecule has 0 unspecified atom stereocenters. The van der Waals surface area contributed by atoms with E-state index in [2.05, 4.69) is 4.85 Å². The van der Waals surface area contributed by atoms with Gasteiger partial charge in [0.2, 0.25) is 15.0 Å². The summed E-state index contributed by atoms with van der Waals surface area (Å²) in [7, 11) is -3.68. The number of halogens is 1. The minimum Gasteiger partial charge on any atom is -0.492 e. The summed E-state index contributed by atoms with van der Waals surface area (Å²) in [5.74, 6) is 0.168. The zero-order chi connectivity index (χ0) is 21.8. The fourth-order valence-electron chi connectivity index (χ4n) is 3.39. The van der Waals surface area contributed by atoms with E-state index >= 15 is 0 Å². The van der Waals surface area contributed by atoms with Gasteiger partial charge in [0.1, 0.15) is 18.2 Å². The number of sulfonamides is 1. The molecule has 0 spiro atoms. The van der Waals surface area contributed by atoms with Crippen molar-refractivity contribution >= 4 is 38.1 Å². The van der Waals surface area contributed by atoms with Crippen LogP contribution in [0.15, 0.2) is 74.7 Å². The molecule has 1 saturated heterocycles. The van der Waals surface area contributed by atoms with Crippen LogP contribution in [0.3, 0.4) is 0 Å². The molecule has 1 atom stereocenters. The Kier molecular flexibility index (Phi) is 6.62. The van der Waals surface area contributed by atoms with Crippen molar-refractivity contribution in [2.45, 2.75) is 32.9 Å². The summed E-state index contributed by atoms with van der Waals surface area (Å²) in [5, 5.41) is 0.604. The van der Waals surface area contributed by atoms with Crippen LogP contribution in [0.2, 0.25) is 0 Å². The number of hydrogen-bond donors (Lipinski definition) is 0. The van der Waals surface area contributed by atoms with Crippen LogP contribution < -0.4 is 4.74 Å². The zero-order valence-corrected chi connectivity index (χ0v) is 18.9. The second-order valence-corrected chi connectivity index (χ2v) is 11.3. The van der Waals surface area contributed by atoms with E-state index in [0.29, 0.717) is 23.7 Å². The standard InChI is InChI=1S/C22H19FN2O3S3/c1-24-21-11-12-22(30-21)29-19-5-2-6-20(14-19)31(26,27)25-13-3-4-17(25)15-28-18-9-7-16(23)8-10-18/h2,5-12,14,17H,3-4,13,15H2/t17-/m0/s1. The summed E-state index contributed by atoms with van der Waals surface area (Å²) in [5.41, 5.74) is 0. The Balaban J connectivity index is 1.48. The van der Waals surface area contributed by atoms with Crippen LogP contribution in [-0.2, 0) is 10.0 Å². The third-order valence-electron chi connectivity index (χ3n) is 4.89. The molecule has 0 N–H and O–H groups in total. The van der Waals surface area contributed by atoms with Gasteiger partial charge in [-0.25, -0.2) is 17.7 Å². The molecule has 0 radical (unpaired) electrons. The maximum absolute atomic E-state index is 13.3. The molecular formula is C22H19FN2O3S3. The van der Waals surface area contributed by atoms with E-state index in [-0.39, 0.29) is 23.4 Å². The van der Waals surface area contributed by atoms with Gasteiger partial charge >= 0.3 is 0 Å². The first kappa shape index (κ1) is 21.8. The van der Waals surface area contributed by atoms with E-state index in [9.17, 15) is 12.8 Å². The van der Waals surface area contributed by atoms with Crippen molar-refractivity contribution < 1.29 is 17.5 Å². The Morgan fingerprint density at radius 3 is 2.74 bits per heavy atom. The van der Waals surface area contributed by atoms with Crippen LogP contribution in [0.5, 0.6) is 5.75 Å². The van der Waals surface area contributed by atoms with Gasteiger partial charge < -0.3 is 4.74 Å². The molecule has 5 nitrogen and oxygen atoms in total. The highest BCUT2D eigenvalue weighted by molar-refractivity contribution is 8.01. The zero-order valence-electron chi connectivity index (χ0n) is 16.4. The summed E-state index contributed by atoms with van der Waals surface area (Å²) >= 11 is 2.82. The normalized spacial score (nSPS) is 16.8. The smallest absolute Gasteiger partial charge is 0.243 e. The Labute approximate surface area is 189 Å². The molecule has 0 saturated carbocycles. The number of ether oxygens (including phenoxy) is 1. The molecular weight excluding hydrogens is 455 g/mol. The molecule has 9 heteroatoms. The fraction of sp³-hybridized carbons (Fsp3) is 0.227. The minimum absolute atomic E-state index is 0.216. The maximum Gasteiger partial charge on any atom is 0.243 e. The van der Waals surface area contributed by atoms with Crippen molar-refractivity contribution in [3.05, 3.63) is 77.9 Å². The first-order valence-electron chi connectivity index (χ1n) is 9.61. The molecule has 1 aliphatic rings. The molecule has 160 valence electrons. The van der Waals surface area contributed by atoms with Crippen molar-refractivity contribution in [1.29, 1.82) is 0 Å². The van der Waals surface area contributed by atoms with Gasteiger partial charge in [0.25, 0.3) is 0 Å². The molecule has 0 aliphatic carbocycles. The molecule has 0 amide bonds. The van der Waals surface area contributed by atoms with Gasteiger partial charge in [0, 0.05) is 11.4 Å². The maximum atomic E-state index is 13.3. The summed E-state index contributed by atoms with van der Waals surface area (Å²) < 4.78 is 47.9. The SMILES string of the molecule is [C-]#[N+]c1ccc(Sc2cccc(S(=O)(=O)N3CCC[C@H]3COc3ccc(F)cc3)c2)s1.